The lowest BCUT2D eigenvalue weighted by Crippen LogP contribution is -2.19. The van der Waals surface area contributed by atoms with Gasteiger partial charge in [-0.2, -0.15) is 0 Å². The fourth-order valence-electron chi connectivity index (χ4n) is 1.92. The second-order valence-electron chi connectivity index (χ2n) is 4.60. The molecular formula is C15H15Br2N3O. The molecule has 6 heteroatoms. The standard InChI is InChI=1S/C15H15Br2N3O/c1-9(19-14-8-11(16)4-7-13(14)17)10-2-5-12(6-3-10)20-15(18)21/h2-9,19H,1H3,(H3,18,20,21). The molecule has 0 bridgehead atoms. The average Bonchev–Trinajstić information content (AvgIpc) is 2.43. The van der Waals surface area contributed by atoms with Crippen LogP contribution in [-0.2, 0) is 0 Å². The summed E-state index contributed by atoms with van der Waals surface area (Å²) in [6, 6.07) is 13.1. The second kappa shape index (κ2) is 6.95. The summed E-state index contributed by atoms with van der Waals surface area (Å²) < 4.78 is 2.02. The van der Waals surface area contributed by atoms with Gasteiger partial charge in [-0.25, -0.2) is 4.79 Å². The topological polar surface area (TPSA) is 67.2 Å². The molecule has 0 saturated heterocycles. The molecule has 0 fully saturated rings. The van der Waals surface area contributed by atoms with Gasteiger partial charge in [-0.3, -0.25) is 0 Å². The van der Waals surface area contributed by atoms with Gasteiger partial charge in [0.2, 0.25) is 0 Å². The quantitative estimate of drug-likeness (QED) is 0.670. The minimum atomic E-state index is -0.563. The molecule has 0 saturated carbocycles. The number of carbonyl (C=O) groups excluding carboxylic acids is 1. The van der Waals surface area contributed by atoms with Crippen molar-refractivity contribution in [3.8, 4) is 0 Å². The molecule has 2 rings (SSSR count). The summed E-state index contributed by atoms with van der Waals surface area (Å²) in [7, 11) is 0. The van der Waals surface area contributed by atoms with Gasteiger partial charge in [0.25, 0.3) is 0 Å². The maximum absolute atomic E-state index is 10.8. The van der Waals surface area contributed by atoms with Crippen LogP contribution < -0.4 is 16.4 Å². The summed E-state index contributed by atoms with van der Waals surface area (Å²) in [5.74, 6) is 0. The number of hydrogen-bond donors (Lipinski definition) is 3. The molecule has 21 heavy (non-hydrogen) atoms. The lowest BCUT2D eigenvalue weighted by atomic mass is 10.1. The van der Waals surface area contributed by atoms with Crippen LogP contribution in [0.5, 0.6) is 0 Å². The molecule has 2 aromatic rings. The Morgan fingerprint density at radius 2 is 1.81 bits per heavy atom. The van der Waals surface area contributed by atoms with Crippen molar-refractivity contribution in [2.24, 2.45) is 5.73 Å². The first-order valence-corrected chi connectivity index (χ1v) is 7.92. The molecule has 110 valence electrons. The number of amides is 2. The van der Waals surface area contributed by atoms with Gasteiger partial charge < -0.3 is 16.4 Å². The average molecular weight is 413 g/mol. The van der Waals surface area contributed by atoms with Crippen LogP contribution in [0.1, 0.15) is 18.5 Å². The van der Waals surface area contributed by atoms with Crippen molar-refractivity contribution in [3.05, 3.63) is 57.0 Å². The number of hydrogen-bond acceptors (Lipinski definition) is 2. The summed E-state index contributed by atoms with van der Waals surface area (Å²) in [6.07, 6.45) is 0. The van der Waals surface area contributed by atoms with E-state index in [9.17, 15) is 4.79 Å². The van der Waals surface area contributed by atoms with Gasteiger partial charge in [0.15, 0.2) is 0 Å². The molecule has 0 aliphatic rings. The molecule has 4 nitrogen and oxygen atoms in total. The Bertz CT molecular complexity index is 644. The zero-order valence-electron chi connectivity index (χ0n) is 11.4. The fourth-order valence-corrected chi connectivity index (χ4v) is 2.64. The number of anilines is 2. The Balaban J connectivity index is 2.11. The van der Waals surface area contributed by atoms with E-state index in [1.807, 2.05) is 42.5 Å². The third kappa shape index (κ3) is 4.47. The minimum absolute atomic E-state index is 0.123. The van der Waals surface area contributed by atoms with E-state index in [4.69, 9.17) is 5.73 Å². The lowest BCUT2D eigenvalue weighted by molar-refractivity contribution is 0.259. The van der Waals surface area contributed by atoms with Crippen molar-refractivity contribution in [2.45, 2.75) is 13.0 Å². The number of urea groups is 1. The third-order valence-corrected chi connectivity index (χ3v) is 4.16. The molecule has 2 aromatic carbocycles. The summed E-state index contributed by atoms with van der Waals surface area (Å²) in [6.45, 7) is 2.07. The number of rotatable bonds is 4. The molecule has 4 N–H and O–H groups in total. The van der Waals surface area contributed by atoms with Gasteiger partial charge in [0.05, 0.1) is 5.69 Å². The molecule has 0 aliphatic heterocycles. The highest BCUT2D eigenvalue weighted by Crippen LogP contribution is 2.29. The van der Waals surface area contributed by atoms with Crippen LogP contribution in [0.2, 0.25) is 0 Å². The Kier molecular flexibility index (Phi) is 5.25. The van der Waals surface area contributed by atoms with Gasteiger partial charge in [0.1, 0.15) is 0 Å². The van der Waals surface area contributed by atoms with E-state index in [1.165, 1.54) is 0 Å². The van der Waals surface area contributed by atoms with E-state index in [-0.39, 0.29) is 6.04 Å². The molecule has 0 spiro atoms. The molecule has 0 aliphatic carbocycles. The van der Waals surface area contributed by atoms with Crippen LogP contribution in [0.15, 0.2) is 51.4 Å². The number of benzene rings is 2. The monoisotopic (exact) mass is 411 g/mol. The normalized spacial score (nSPS) is 11.8. The van der Waals surface area contributed by atoms with Gasteiger partial charge in [-0.15, -0.1) is 0 Å². The number of nitrogens with one attached hydrogen (secondary N) is 2. The zero-order chi connectivity index (χ0) is 15.4. The fraction of sp³-hybridized carbons (Fsp3) is 0.133. The Morgan fingerprint density at radius 3 is 2.43 bits per heavy atom. The van der Waals surface area contributed by atoms with Crippen molar-refractivity contribution in [3.63, 3.8) is 0 Å². The van der Waals surface area contributed by atoms with Crippen LogP contribution in [-0.4, -0.2) is 6.03 Å². The summed E-state index contributed by atoms with van der Waals surface area (Å²) >= 11 is 6.99. The number of halogens is 2. The minimum Gasteiger partial charge on any atom is -0.378 e. The van der Waals surface area contributed by atoms with E-state index in [0.717, 1.165) is 20.2 Å². The first-order chi connectivity index (χ1) is 9.95. The Hall–Kier alpha value is -1.53. The third-order valence-electron chi connectivity index (χ3n) is 2.98. The summed E-state index contributed by atoms with van der Waals surface area (Å²) in [5.41, 5.74) is 7.88. The summed E-state index contributed by atoms with van der Waals surface area (Å²) in [4.78, 5) is 10.8. The van der Waals surface area contributed by atoms with Crippen LogP contribution in [0.3, 0.4) is 0 Å². The smallest absolute Gasteiger partial charge is 0.316 e. The Labute approximate surface area is 140 Å². The van der Waals surface area contributed by atoms with Crippen molar-refractivity contribution in [1.29, 1.82) is 0 Å². The van der Waals surface area contributed by atoms with E-state index in [0.29, 0.717) is 5.69 Å². The number of primary amides is 1. The predicted molar refractivity (Wildman–Crippen MR) is 93.5 cm³/mol. The molecule has 0 radical (unpaired) electrons. The van der Waals surface area contributed by atoms with Gasteiger partial charge in [-0.1, -0.05) is 28.1 Å². The highest BCUT2D eigenvalue weighted by molar-refractivity contribution is 9.11. The number of nitrogens with two attached hydrogens (primary N) is 1. The van der Waals surface area contributed by atoms with Gasteiger partial charge in [-0.05, 0) is 58.7 Å². The zero-order valence-corrected chi connectivity index (χ0v) is 14.5. The van der Waals surface area contributed by atoms with Crippen LogP contribution in [0.4, 0.5) is 16.2 Å². The maximum Gasteiger partial charge on any atom is 0.316 e. The van der Waals surface area contributed by atoms with E-state index >= 15 is 0 Å². The maximum atomic E-state index is 10.8. The van der Waals surface area contributed by atoms with Crippen molar-refractivity contribution in [2.75, 3.05) is 10.6 Å². The highest BCUT2D eigenvalue weighted by atomic mass is 79.9. The van der Waals surface area contributed by atoms with E-state index in [1.54, 1.807) is 0 Å². The first-order valence-electron chi connectivity index (χ1n) is 6.33. The van der Waals surface area contributed by atoms with Crippen LogP contribution >= 0.6 is 31.9 Å². The molecule has 0 heterocycles. The highest BCUT2D eigenvalue weighted by Gasteiger charge is 2.08. The number of carbonyl (C=O) groups is 1. The SMILES string of the molecule is CC(Nc1cc(Br)ccc1Br)c1ccc(NC(N)=O)cc1. The Morgan fingerprint density at radius 1 is 1.14 bits per heavy atom. The lowest BCUT2D eigenvalue weighted by Gasteiger charge is -2.17. The van der Waals surface area contributed by atoms with Gasteiger partial charge in [0, 0.05) is 20.7 Å². The largest absolute Gasteiger partial charge is 0.378 e. The van der Waals surface area contributed by atoms with E-state index < -0.39 is 6.03 Å². The predicted octanol–water partition coefficient (Wildman–Crippen LogP) is 4.88. The first kappa shape index (κ1) is 15.9. The molecular weight excluding hydrogens is 398 g/mol. The molecule has 2 amide bonds. The molecule has 1 atom stereocenters. The molecule has 0 aromatic heterocycles. The summed E-state index contributed by atoms with van der Waals surface area (Å²) in [5, 5.41) is 5.98. The molecule has 1 unspecified atom stereocenters. The van der Waals surface area contributed by atoms with E-state index in [2.05, 4.69) is 49.4 Å². The van der Waals surface area contributed by atoms with Crippen LogP contribution in [0.25, 0.3) is 0 Å². The van der Waals surface area contributed by atoms with Crippen molar-refractivity contribution >= 4 is 49.3 Å². The van der Waals surface area contributed by atoms with Crippen molar-refractivity contribution in [1.82, 2.24) is 0 Å². The van der Waals surface area contributed by atoms with Crippen molar-refractivity contribution < 1.29 is 4.79 Å². The second-order valence-corrected chi connectivity index (χ2v) is 6.37. The van der Waals surface area contributed by atoms with Crippen LogP contribution in [0, 0.1) is 0 Å². The van der Waals surface area contributed by atoms with Gasteiger partial charge >= 0.3 is 6.03 Å².